The molecule has 25 heavy (non-hydrogen) atoms. The fraction of sp³-hybridized carbons (Fsp3) is 0.556. The van der Waals surface area contributed by atoms with Crippen molar-refractivity contribution < 1.29 is 19.4 Å². The number of amides is 2. The summed E-state index contributed by atoms with van der Waals surface area (Å²) in [5.74, 6) is -0.0476. The monoisotopic (exact) mass is 349 g/mol. The second-order valence-corrected chi connectivity index (χ2v) is 6.47. The number of ether oxygens (including phenoxy) is 1. The molecule has 0 atom stereocenters. The maximum atomic E-state index is 12.2. The van der Waals surface area contributed by atoms with Gasteiger partial charge in [-0.15, -0.1) is 0 Å². The molecular formula is C18H27N3O4. The minimum Gasteiger partial charge on any atom is -0.496 e. The van der Waals surface area contributed by atoms with E-state index in [1.807, 2.05) is 37.8 Å². The molecule has 0 spiro atoms. The van der Waals surface area contributed by atoms with Gasteiger partial charge in [0.1, 0.15) is 5.75 Å². The lowest BCUT2D eigenvalue weighted by atomic mass is 9.85. The van der Waals surface area contributed by atoms with E-state index in [1.165, 1.54) is 0 Å². The number of aliphatic carboxylic acids is 1. The first-order valence-electron chi connectivity index (χ1n) is 8.53. The van der Waals surface area contributed by atoms with Crippen LogP contribution in [0.1, 0.15) is 30.9 Å². The van der Waals surface area contributed by atoms with Gasteiger partial charge in [0, 0.05) is 23.3 Å². The van der Waals surface area contributed by atoms with E-state index < -0.39 is 5.97 Å². The molecule has 2 amide bonds. The summed E-state index contributed by atoms with van der Waals surface area (Å²) in [5, 5.41) is 14.7. The van der Waals surface area contributed by atoms with Gasteiger partial charge in [0.15, 0.2) is 0 Å². The quantitative estimate of drug-likeness (QED) is 0.703. The number of likely N-dealkylation sites (N-methyl/N-ethyl adjacent to an activating group) is 1. The first-order valence-corrected chi connectivity index (χ1v) is 8.53. The molecule has 0 aromatic heterocycles. The summed E-state index contributed by atoms with van der Waals surface area (Å²) in [6.45, 7) is 6.55. The molecule has 1 fully saturated rings. The average molecular weight is 349 g/mol. The van der Waals surface area contributed by atoms with Gasteiger partial charge in [-0.1, -0.05) is 13.0 Å². The molecule has 1 aliphatic rings. The van der Waals surface area contributed by atoms with Crippen LogP contribution in [0.2, 0.25) is 0 Å². The van der Waals surface area contributed by atoms with Crippen molar-refractivity contribution >= 4 is 17.7 Å². The number of carbonyl (C=O) groups is 2. The van der Waals surface area contributed by atoms with Crippen LogP contribution in [-0.2, 0) is 4.79 Å². The van der Waals surface area contributed by atoms with E-state index in [0.29, 0.717) is 6.54 Å². The van der Waals surface area contributed by atoms with Crippen LogP contribution in [-0.4, -0.2) is 54.3 Å². The summed E-state index contributed by atoms with van der Waals surface area (Å²) in [6.07, 6.45) is 1.54. The molecule has 1 aromatic carbocycles. The summed E-state index contributed by atoms with van der Waals surface area (Å²) in [7, 11) is 1.62. The van der Waals surface area contributed by atoms with Crippen LogP contribution >= 0.6 is 0 Å². The van der Waals surface area contributed by atoms with Gasteiger partial charge >= 0.3 is 12.0 Å². The average Bonchev–Trinajstić information content (AvgIpc) is 2.51. The third-order valence-corrected chi connectivity index (χ3v) is 4.76. The topological polar surface area (TPSA) is 90.9 Å². The number of carboxylic acids is 1. The van der Waals surface area contributed by atoms with Crippen LogP contribution in [0.25, 0.3) is 0 Å². The van der Waals surface area contributed by atoms with Gasteiger partial charge in [0.25, 0.3) is 0 Å². The van der Waals surface area contributed by atoms with Gasteiger partial charge in [-0.2, -0.15) is 0 Å². The predicted octanol–water partition coefficient (Wildman–Crippen LogP) is 2.37. The molecule has 138 valence electrons. The molecule has 7 nitrogen and oxygen atoms in total. The normalized spacial score (nSPS) is 19.2. The summed E-state index contributed by atoms with van der Waals surface area (Å²) >= 11 is 0. The van der Waals surface area contributed by atoms with Gasteiger partial charge in [-0.3, -0.25) is 9.69 Å². The Hall–Kier alpha value is -2.28. The summed E-state index contributed by atoms with van der Waals surface area (Å²) in [6, 6.07) is 3.81. The molecule has 1 aromatic rings. The number of nitrogens with zero attached hydrogens (tertiary/aromatic N) is 1. The Morgan fingerprint density at radius 3 is 2.56 bits per heavy atom. The lowest BCUT2D eigenvalue weighted by Gasteiger charge is -2.42. The van der Waals surface area contributed by atoms with Gasteiger partial charge in [0.2, 0.25) is 0 Å². The number of carbonyl (C=O) groups excluding carboxylic acids is 1. The van der Waals surface area contributed by atoms with E-state index in [9.17, 15) is 9.59 Å². The largest absolute Gasteiger partial charge is 0.496 e. The molecule has 1 saturated carbocycles. The highest BCUT2D eigenvalue weighted by Crippen LogP contribution is 2.29. The third kappa shape index (κ3) is 4.63. The van der Waals surface area contributed by atoms with Crippen molar-refractivity contribution in [2.45, 2.75) is 45.7 Å². The van der Waals surface area contributed by atoms with Gasteiger partial charge in [-0.05, 0) is 44.9 Å². The predicted molar refractivity (Wildman–Crippen MR) is 96.3 cm³/mol. The summed E-state index contributed by atoms with van der Waals surface area (Å²) in [5.41, 5.74) is 2.63. The maximum Gasteiger partial charge on any atom is 0.319 e. The van der Waals surface area contributed by atoms with E-state index in [-0.39, 0.29) is 24.7 Å². The summed E-state index contributed by atoms with van der Waals surface area (Å²) < 4.78 is 5.37. The number of benzene rings is 1. The van der Waals surface area contributed by atoms with Crippen molar-refractivity contribution in [1.82, 2.24) is 10.2 Å². The Kier molecular flexibility index (Phi) is 6.25. The van der Waals surface area contributed by atoms with Crippen LogP contribution in [0, 0.1) is 13.8 Å². The van der Waals surface area contributed by atoms with Crippen molar-refractivity contribution in [2.75, 3.05) is 25.5 Å². The zero-order valence-electron chi connectivity index (χ0n) is 15.3. The maximum absolute atomic E-state index is 12.2. The zero-order valence-corrected chi connectivity index (χ0v) is 15.3. The number of aryl methyl sites for hydroxylation is 1. The minimum atomic E-state index is -0.820. The van der Waals surface area contributed by atoms with Crippen molar-refractivity contribution in [3.05, 3.63) is 23.3 Å². The number of urea groups is 1. The first kappa shape index (κ1) is 19.1. The SMILES string of the molecule is CCN(CC(=O)O)C1CC(NC(=O)Nc2ccc(C)c(OC)c2C)C1. The molecule has 1 aliphatic carbocycles. The molecular weight excluding hydrogens is 322 g/mol. The van der Waals surface area contributed by atoms with Crippen molar-refractivity contribution in [3.63, 3.8) is 0 Å². The van der Waals surface area contributed by atoms with Crippen LogP contribution in [0.15, 0.2) is 12.1 Å². The first-order chi connectivity index (χ1) is 11.8. The summed E-state index contributed by atoms with van der Waals surface area (Å²) in [4.78, 5) is 25.0. The highest BCUT2D eigenvalue weighted by atomic mass is 16.5. The lowest BCUT2D eigenvalue weighted by molar-refractivity contribution is -0.139. The van der Waals surface area contributed by atoms with Crippen molar-refractivity contribution in [1.29, 1.82) is 0 Å². The number of anilines is 1. The molecule has 7 heteroatoms. The molecule has 0 saturated heterocycles. The van der Waals surface area contributed by atoms with Gasteiger partial charge < -0.3 is 20.5 Å². The number of methoxy groups -OCH3 is 1. The van der Waals surface area contributed by atoms with E-state index in [4.69, 9.17) is 9.84 Å². The molecule has 3 N–H and O–H groups in total. The fourth-order valence-electron chi connectivity index (χ4n) is 3.30. The van der Waals surface area contributed by atoms with Crippen molar-refractivity contribution in [3.8, 4) is 5.75 Å². The molecule has 0 heterocycles. The van der Waals surface area contributed by atoms with Crippen LogP contribution < -0.4 is 15.4 Å². The minimum absolute atomic E-state index is 0.0441. The van der Waals surface area contributed by atoms with Gasteiger partial charge in [-0.25, -0.2) is 4.79 Å². The molecule has 0 bridgehead atoms. The molecule has 0 radical (unpaired) electrons. The number of rotatable bonds is 7. The highest BCUT2D eigenvalue weighted by Gasteiger charge is 2.34. The van der Waals surface area contributed by atoms with Crippen LogP contribution in [0.4, 0.5) is 10.5 Å². The Bertz CT molecular complexity index is 641. The second kappa shape index (κ2) is 8.20. The molecule has 0 unspecified atom stereocenters. The van der Waals surface area contributed by atoms with Crippen LogP contribution in [0.3, 0.4) is 0 Å². The highest BCUT2D eigenvalue weighted by molar-refractivity contribution is 5.91. The number of carboxylic acid groups (broad SMARTS) is 1. The van der Waals surface area contributed by atoms with Crippen LogP contribution in [0.5, 0.6) is 5.75 Å². The van der Waals surface area contributed by atoms with Crippen molar-refractivity contribution in [2.24, 2.45) is 0 Å². The Morgan fingerprint density at radius 1 is 1.32 bits per heavy atom. The number of hydrogen-bond acceptors (Lipinski definition) is 4. The number of hydrogen-bond donors (Lipinski definition) is 3. The Labute approximate surface area is 148 Å². The lowest BCUT2D eigenvalue weighted by Crippen LogP contribution is -2.55. The van der Waals surface area contributed by atoms with E-state index in [2.05, 4.69) is 10.6 Å². The molecule has 0 aliphatic heterocycles. The second-order valence-electron chi connectivity index (χ2n) is 6.47. The van der Waals surface area contributed by atoms with E-state index in [0.717, 1.165) is 35.4 Å². The third-order valence-electron chi connectivity index (χ3n) is 4.76. The fourth-order valence-corrected chi connectivity index (χ4v) is 3.30. The zero-order chi connectivity index (χ0) is 18.6. The van der Waals surface area contributed by atoms with E-state index in [1.54, 1.807) is 7.11 Å². The standard InChI is InChI=1S/C18H27N3O4/c1-5-21(10-16(22)23)14-8-13(9-14)19-18(24)20-15-7-6-11(2)17(25-4)12(15)3/h6-7,13-14H,5,8-10H2,1-4H3,(H,22,23)(H2,19,20,24). The smallest absolute Gasteiger partial charge is 0.319 e. The Balaban J connectivity index is 1.86. The van der Waals surface area contributed by atoms with E-state index >= 15 is 0 Å². The van der Waals surface area contributed by atoms with Gasteiger partial charge in [0.05, 0.1) is 13.7 Å². The Morgan fingerprint density at radius 2 is 2.00 bits per heavy atom. The molecule has 2 rings (SSSR count). The number of nitrogens with one attached hydrogen (secondary N) is 2.